The van der Waals surface area contributed by atoms with E-state index < -0.39 is 0 Å². The van der Waals surface area contributed by atoms with Crippen LogP contribution in [0.4, 0.5) is 10.6 Å². The van der Waals surface area contributed by atoms with Crippen LogP contribution < -0.4 is 10.6 Å². The predicted molar refractivity (Wildman–Crippen MR) is 105 cm³/mol. The molecule has 1 fully saturated rings. The van der Waals surface area contributed by atoms with E-state index in [9.17, 15) is 9.90 Å². The molecule has 0 radical (unpaired) electrons. The number of piperidine rings is 1. The Balaban J connectivity index is 1.37. The largest absolute Gasteiger partial charge is 0.508 e. The fraction of sp³-hybridized carbons (Fsp3) is 0.450. The van der Waals surface area contributed by atoms with Gasteiger partial charge in [0.25, 0.3) is 0 Å². The molecule has 0 bridgehead atoms. The number of amides is 2. The average Bonchev–Trinajstić information content (AvgIpc) is 2.69. The summed E-state index contributed by atoms with van der Waals surface area (Å²) >= 11 is 0. The average molecular weight is 369 g/mol. The normalized spacial score (nSPS) is 16.0. The second kappa shape index (κ2) is 9.21. The van der Waals surface area contributed by atoms with Crippen LogP contribution in [-0.4, -0.2) is 51.4 Å². The smallest absolute Gasteiger partial charge is 0.317 e. The van der Waals surface area contributed by atoms with Crippen LogP contribution in [0.25, 0.3) is 0 Å². The van der Waals surface area contributed by atoms with Crippen LogP contribution in [0.3, 0.4) is 0 Å². The third-order valence-corrected chi connectivity index (χ3v) is 4.88. The molecular formula is C20H27N5O2. The highest BCUT2D eigenvalue weighted by molar-refractivity contribution is 5.74. The van der Waals surface area contributed by atoms with Gasteiger partial charge in [0.2, 0.25) is 0 Å². The van der Waals surface area contributed by atoms with E-state index in [0.717, 1.165) is 50.2 Å². The molecule has 1 aliphatic heterocycles. The number of hydrogen-bond acceptors (Lipinski definition) is 5. The fourth-order valence-electron chi connectivity index (χ4n) is 3.23. The first-order valence-electron chi connectivity index (χ1n) is 9.48. The number of hydrogen-bond donors (Lipinski definition) is 3. The number of aromatic hydroxyl groups is 1. The summed E-state index contributed by atoms with van der Waals surface area (Å²) in [6.45, 7) is 3.49. The SMILES string of the molecule is CC(CCc1ccc(O)cc1)NC(=O)N1CCC(Nc2cccnn2)CC1. The van der Waals surface area contributed by atoms with E-state index in [1.54, 1.807) is 18.3 Å². The Labute approximate surface area is 159 Å². The third kappa shape index (κ3) is 5.84. The van der Waals surface area contributed by atoms with Gasteiger partial charge in [0, 0.05) is 31.4 Å². The lowest BCUT2D eigenvalue weighted by atomic mass is 10.0. The van der Waals surface area contributed by atoms with Gasteiger partial charge in [-0.2, -0.15) is 5.10 Å². The van der Waals surface area contributed by atoms with Gasteiger partial charge in [-0.1, -0.05) is 12.1 Å². The summed E-state index contributed by atoms with van der Waals surface area (Å²) < 4.78 is 0. The maximum absolute atomic E-state index is 12.5. The van der Waals surface area contributed by atoms with E-state index >= 15 is 0 Å². The van der Waals surface area contributed by atoms with Crippen LogP contribution in [0, 0.1) is 0 Å². The van der Waals surface area contributed by atoms with Crippen LogP contribution in [0.15, 0.2) is 42.6 Å². The first-order chi connectivity index (χ1) is 13.1. The second-order valence-electron chi connectivity index (χ2n) is 7.07. The Morgan fingerprint density at radius 3 is 2.67 bits per heavy atom. The number of urea groups is 1. The number of nitrogens with zero attached hydrogens (tertiary/aromatic N) is 3. The van der Waals surface area contributed by atoms with Crippen LogP contribution in [0.1, 0.15) is 31.7 Å². The molecule has 1 aromatic carbocycles. The molecule has 2 aromatic rings. The van der Waals surface area contributed by atoms with E-state index in [-0.39, 0.29) is 17.8 Å². The summed E-state index contributed by atoms with van der Waals surface area (Å²) in [4.78, 5) is 14.3. The van der Waals surface area contributed by atoms with Crippen LogP contribution in [0.5, 0.6) is 5.75 Å². The lowest BCUT2D eigenvalue weighted by Crippen LogP contribution is -2.49. The number of nitrogens with one attached hydrogen (secondary N) is 2. The second-order valence-corrected chi connectivity index (χ2v) is 7.07. The number of phenolic OH excluding ortho intramolecular Hbond substituents is 1. The highest BCUT2D eigenvalue weighted by atomic mass is 16.3. The van der Waals surface area contributed by atoms with E-state index in [0.29, 0.717) is 6.04 Å². The zero-order valence-electron chi connectivity index (χ0n) is 15.6. The molecule has 2 heterocycles. The highest BCUT2D eigenvalue weighted by Gasteiger charge is 2.23. The van der Waals surface area contributed by atoms with Gasteiger partial charge in [0.05, 0.1) is 0 Å². The number of aromatic nitrogens is 2. The number of anilines is 1. The van der Waals surface area contributed by atoms with Crippen molar-refractivity contribution in [3.63, 3.8) is 0 Å². The zero-order valence-corrected chi connectivity index (χ0v) is 15.6. The van der Waals surface area contributed by atoms with Crippen LogP contribution in [0.2, 0.25) is 0 Å². The molecule has 1 unspecified atom stereocenters. The minimum atomic E-state index is 0.00570. The van der Waals surface area contributed by atoms with Crippen molar-refractivity contribution in [2.45, 2.75) is 44.7 Å². The number of benzene rings is 1. The lowest BCUT2D eigenvalue weighted by molar-refractivity contribution is 0.180. The quantitative estimate of drug-likeness (QED) is 0.728. The minimum Gasteiger partial charge on any atom is -0.508 e. The number of carbonyl (C=O) groups is 1. The molecule has 1 aliphatic rings. The number of carbonyl (C=O) groups excluding carboxylic acids is 1. The van der Waals surface area contributed by atoms with Crippen LogP contribution in [-0.2, 0) is 6.42 Å². The molecule has 7 heteroatoms. The number of aryl methyl sites for hydroxylation is 1. The summed E-state index contributed by atoms with van der Waals surface area (Å²) in [6, 6.07) is 11.4. The van der Waals surface area contributed by atoms with Crippen molar-refractivity contribution in [1.82, 2.24) is 20.4 Å². The molecule has 27 heavy (non-hydrogen) atoms. The van der Waals surface area contributed by atoms with E-state index in [1.165, 1.54) is 0 Å². The van der Waals surface area contributed by atoms with Gasteiger partial charge >= 0.3 is 6.03 Å². The summed E-state index contributed by atoms with van der Waals surface area (Å²) in [6.07, 6.45) is 5.17. The molecule has 0 saturated carbocycles. The van der Waals surface area contributed by atoms with Crippen molar-refractivity contribution in [1.29, 1.82) is 0 Å². The molecule has 3 N–H and O–H groups in total. The number of rotatable bonds is 6. The monoisotopic (exact) mass is 369 g/mol. The molecule has 0 spiro atoms. The Kier molecular flexibility index (Phi) is 6.46. The van der Waals surface area contributed by atoms with Crippen molar-refractivity contribution < 1.29 is 9.90 Å². The van der Waals surface area contributed by atoms with Crippen molar-refractivity contribution in [3.8, 4) is 5.75 Å². The molecule has 1 atom stereocenters. The number of likely N-dealkylation sites (tertiary alicyclic amines) is 1. The van der Waals surface area contributed by atoms with Crippen molar-refractivity contribution in [2.24, 2.45) is 0 Å². The first kappa shape index (κ1) is 18.9. The van der Waals surface area contributed by atoms with E-state index in [1.807, 2.05) is 36.1 Å². The molecule has 7 nitrogen and oxygen atoms in total. The maximum atomic E-state index is 12.5. The Morgan fingerprint density at radius 1 is 1.26 bits per heavy atom. The molecule has 0 aliphatic carbocycles. The van der Waals surface area contributed by atoms with Gasteiger partial charge in [-0.3, -0.25) is 0 Å². The molecule has 144 valence electrons. The van der Waals surface area contributed by atoms with Crippen LogP contribution >= 0.6 is 0 Å². The van der Waals surface area contributed by atoms with Gasteiger partial charge in [-0.25, -0.2) is 4.79 Å². The van der Waals surface area contributed by atoms with Gasteiger partial charge < -0.3 is 20.6 Å². The fourth-order valence-corrected chi connectivity index (χ4v) is 3.23. The Hall–Kier alpha value is -2.83. The maximum Gasteiger partial charge on any atom is 0.317 e. The van der Waals surface area contributed by atoms with Gasteiger partial charge in [-0.15, -0.1) is 5.10 Å². The van der Waals surface area contributed by atoms with Gasteiger partial charge in [-0.05, 0) is 62.4 Å². The van der Waals surface area contributed by atoms with E-state index in [4.69, 9.17) is 0 Å². The molecule has 2 amide bonds. The predicted octanol–water partition coefficient (Wildman–Crippen LogP) is 2.79. The highest BCUT2D eigenvalue weighted by Crippen LogP contribution is 2.15. The topological polar surface area (TPSA) is 90.4 Å². The van der Waals surface area contributed by atoms with Gasteiger partial charge in [0.1, 0.15) is 11.6 Å². The third-order valence-electron chi connectivity index (χ3n) is 4.88. The Bertz CT molecular complexity index is 715. The molecule has 1 aromatic heterocycles. The summed E-state index contributed by atoms with van der Waals surface area (Å²) in [5, 5.41) is 23.7. The van der Waals surface area contributed by atoms with E-state index in [2.05, 4.69) is 20.8 Å². The molecular weight excluding hydrogens is 342 g/mol. The zero-order chi connectivity index (χ0) is 19.1. The van der Waals surface area contributed by atoms with Gasteiger partial charge in [0.15, 0.2) is 0 Å². The summed E-state index contributed by atoms with van der Waals surface area (Å²) in [5.41, 5.74) is 1.16. The molecule has 3 rings (SSSR count). The van der Waals surface area contributed by atoms with Crippen molar-refractivity contribution in [2.75, 3.05) is 18.4 Å². The standard InChI is InChI=1S/C20H27N5O2/c1-15(4-5-16-6-8-18(26)9-7-16)22-20(27)25-13-10-17(11-14-25)23-19-3-2-12-21-24-19/h2-3,6-9,12,15,17,26H,4-5,10-11,13-14H2,1H3,(H,22,27)(H,23,24). The minimum absolute atomic E-state index is 0.00570. The Morgan fingerprint density at radius 2 is 2.00 bits per heavy atom. The van der Waals surface area contributed by atoms with Crippen molar-refractivity contribution >= 4 is 11.8 Å². The summed E-state index contributed by atoms with van der Waals surface area (Å²) in [7, 11) is 0. The lowest BCUT2D eigenvalue weighted by Gasteiger charge is -2.33. The van der Waals surface area contributed by atoms with Crippen molar-refractivity contribution in [3.05, 3.63) is 48.2 Å². The first-order valence-corrected chi connectivity index (χ1v) is 9.48. The number of phenols is 1. The molecule has 1 saturated heterocycles. The summed E-state index contributed by atoms with van der Waals surface area (Å²) in [5.74, 6) is 1.06.